The van der Waals surface area contributed by atoms with E-state index in [9.17, 15) is 4.79 Å². The SMILES string of the molecule is CN(C)CC1CCc2cc(N3C=CCN(c4ccc(Oc5ccccc5)cc4)C3=O)ccc2C1. The molecular weight excluding hydrogens is 422 g/mol. The van der Waals surface area contributed by atoms with Crippen LogP contribution in [0.3, 0.4) is 0 Å². The third-order valence-corrected chi connectivity index (χ3v) is 6.53. The summed E-state index contributed by atoms with van der Waals surface area (Å²) < 4.78 is 5.89. The molecule has 3 aromatic carbocycles. The van der Waals surface area contributed by atoms with Gasteiger partial charge < -0.3 is 9.64 Å². The number of aryl methyl sites for hydroxylation is 1. The van der Waals surface area contributed by atoms with Crippen LogP contribution in [-0.2, 0) is 12.8 Å². The zero-order valence-corrected chi connectivity index (χ0v) is 19.9. The minimum Gasteiger partial charge on any atom is -0.457 e. The average molecular weight is 454 g/mol. The largest absolute Gasteiger partial charge is 0.457 e. The van der Waals surface area contributed by atoms with E-state index in [1.807, 2.05) is 66.9 Å². The lowest BCUT2D eigenvalue weighted by Gasteiger charge is -2.33. The van der Waals surface area contributed by atoms with Gasteiger partial charge in [-0.25, -0.2) is 4.79 Å². The number of ether oxygens (including phenoxy) is 1. The molecule has 5 nitrogen and oxygen atoms in total. The molecule has 5 rings (SSSR count). The van der Waals surface area contributed by atoms with E-state index in [-0.39, 0.29) is 6.03 Å². The van der Waals surface area contributed by atoms with Crippen LogP contribution in [0.5, 0.6) is 11.5 Å². The van der Waals surface area contributed by atoms with Crippen molar-refractivity contribution in [3.8, 4) is 11.5 Å². The van der Waals surface area contributed by atoms with Crippen LogP contribution in [0.25, 0.3) is 0 Å². The number of hydrogen-bond donors (Lipinski definition) is 0. The standard InChI is InChI=1S/C29H31N3O2/c1-30(2)21-22-9-10-24-20-26(12-11-23(24)19-22)32-18-6-17-31(29(32)33)25-13-15-28(16-14-25)34-27-7-4-3-5-8-27/h3-8,11-16,18,20,22H,9-10,17,19,21H2,1-2H3. The van der Waals surface area contributed by atoms with E-state index in [1.165, 1.54) is 17.5 Å². The predicted molar refractivity (Wildman–Crippen MR) is 138 cm³/mol. The van der Waals surface area contributed by atoms with Gasteiger partial charge in [-0.3, -0.25) is 9.80 Å². The fourth-order valence-corrected chi connectivity index (χ4v) is 4.90. The number of nitrogens with zero attached hydrogens (tertiary/aromatic N) is 3. The van der Waals surface area contributed by atoms with Crippen LogP contribution in [0.4, 0.5) is 16.2 Å². The van der Waals surface area contributed by atoms with Crippen molar-refractivity contribution in [2.45, 2.75) is 19.3 Å². The van der Waals surface area contributed by atoms with Crippen molar-refractivity contribution in [2.24, 2.45) is 5.92 Å². The summed E-state index contributed by atoms with van der Waals surface area (Å²) in [5.74, 6) is 2.24. The number of benzene rings is 3. The van der Waals surface area contributed by atoms with Crippen molar-refractivity contribution in [1.29, 1.82) is 0 Å². The molecule has 2 amide bonds. The minimum atomic E-state index is -0.0412. The highest BCUT2D eigenvalue weighted by molar-refractivity contribution is 6.06. The summed E-state index contributed by atoms with van der Waals surface area (Å²) in [6, 6.07) is 23.8. The Morgan fingerprint density at radius 3 is 2.41 bits per heavy atom. The number of hydrogen-bond acceptors (Lipinski definition) is 3. The number of anilines is 2. The fraction of sp³-hybridized carbons (Fsp3) is 0.276. The summed E-state index contributed by atoms with van der Waals surface area (Å²) in [7, 11) is 4.28. The van der Waals surface area contributed by atoms with Crippen LogP contribution in [0, 0.1) is 5.92 Å². The highest BCUT2D eigenvalue weighted by Crippen LogP contribution is 2.32. The van der Waals surface area contributed by atoms with Gasteiger partial charge in [-0.15, -0.1) is 0 Å². The first-order valence-corrected chi connectivity index (χ1v) is 11.9. The molecule has 0 fully saturated rings. The molecule has 3 aromatic rings. The van der Waals surface area contributed by atoms with Crippen molar-refractivity contribution in [2.75, 3.05) is 37.0 Å². The van der Waals surface area contributed by atoms with E-state index in [0.29, 0.717) is 12.5 Å². The highest BCUT2D eigenvalue weighted by atomic mass is 16.5. The molecular formula is C29H31N3O2. The molecule has 2 aliphatic rings. The maximum Gasteiger partial charge on any atom is 0.333 e. The summed E-state index contributed by atoms with van der Waals surface area (Å²) in [6.45, 7) is 1.67. The van der Waals surface area contributed by atoms with E-state index < -0.39 is 0 Å². The van der Waals surface area contributed by atoms with Crippen molar-refractivity contribution in [3.63, 3.8) is 0 Å². The number of urea groups is 1. The molecule has 1 unspecified atom stereocenters. The van der Waals surface area contributed by atoms with Gasteiger partial charge in [0, 0.05) is 25.0 Å². The molecule has 1 aliphatic heterocycles. The highest BCUT2D eigenvalue weighted by Gasteiger charge is 2.26. The molecule has 0 spiro atoms. The number of rotatable bonds is 6. The number of fused-ring (bicyclic) bond motifs is 1. The molecule has 0 radical (unpaired) electrons. The van der Waals surface area contributed by atoms with Gasteiger partial charge in [0.2, 0.25) is 0 Å². The van der Waals surface area contributed by atoms with E-state index in [0.717, 1.165) is 42.3 Å². The molecule has 0 bridgehead atoms. The molecule has 1 atom stereocenters. The first-order chi connectivity index (χ1) is 16.6. The predicted octanol–water partition coefficient (Wildman–Crippen LogP) is 6.11. The Kier molecular flexibility index (Phi) is 6.37. The van der Waals surface area contributed by atoms with E-state index >= 15 is 0 Å². The summed E-state index contributed by atoms with van der Waals surface area (Å²) >= 11 is 0. The van der Waals surface area contributed by atoms with Gasteiger partial charge >= 0.3 is 6.03 Å². The van der Waals surface area contributed by atoms with Crippen LogP contribution in [0.15, 0.2) is 85.1 Å². The summed E-state index contributed by atoms with van der Waals surface area (Å²) in [5.41, 5.74) is 4.57. The maximum absolute atomic E-state index is 13.4. The van der Waals surface area contributed by atoms with Crippen molar-refractivity contribution >= 4 is 17.4 Å². The quantitative estimate of drug-likeness (QED) is 0.452. The molecule has 34 heavy (non-hydrogen) atoms. The van der Waals surface area contributed by atoms with Crippen LogP contribution in [0.2, 0.25) is 0 Å². The van der Waals surface area contributed by atoms with Crippen LogP contribution in [0.1, 0.15) is 17.5 Å². The zero-order chi connectivity index (χ0) is 23.5. The van der Waals surface area contributed by atoms with Crippen molar-refractivity contribution in [1.82, 2.24) is 4.90 Å². The smallest absolute Gasteiger partial charge is 0.333 e. The summed E-state index contributed by atoms with van der Waals surface area (Å²) in [4.78, 5) is 19.2. The maximum atomic E-state index is 13.4. The molecule has 1 heterocycles. The molecule has 0 saturated carbocycles. The number of amides is 2. The lowest BCUT2D eigenvalue weighted by Crippen LogP contribution is -2.44. The second-order valence-corrected chi connectivity index (χ2v) is 9.38. The third-order valence-electron chi connectivity index (χ3n) is 6.53. The van der Waals surface area contributed by atoms with Crippen LogP contribution in [-0.4, -0.2) is 38.1 Å². The normalized spacial score (nSPS) is 17.7. The Morgan fingerprint density at radius 2 is 1.65 bits per heavy atom. The Labute approximate surface area is 201 Å². The van der Waals surface area contributed by atoms with Gasteiger partial charge in [0.15, 0.2) is 0 Å². The van der Waals surface area contributed by atoms with Gasteiger partial charge in [-0.1, -0.05) is 24.3 Å². The monoisotopic (exact) mass is 453 g/mol. The third kappa shape index (κ3) is 4.85. The molecule has 0 N–H and O–H groups in total. The second kappa shape index (κ2) is 9.74. The van der Waals surface area contributed by atoms with Crippen LogP contribution >= 0.6 is 0 Å². The number of para-hydroxylation sites is 1. The van der Waals surface area contributed by atoms with Gasteiger partial charge in [0.05, 0.1) is 5.69 Å². The fourth-order valence-electron chi connectivity index (χ4n) is 4.90. The Bertz CT molecular complexity index is 1170. The van der Waals surface area contributed by atoms with Crippen molar-refractivity contribution in [3.05, 3.63) is 96.2 Å². The Balaban J connectivity index is 1.30. The summed E-state index contributed by atoms with van der Waals surface area (Å²) in [6.07, 6.45) is 7.30. The van der Waals surface area contributed by atoms with E-state index in [2.05, 4.69) is 37.2 Å². The Morgan fingerprint density at radius 1 is 0.912 bits per heavy atom. The zero-order valence-electron chi connectivity index (χ0n) is 19.9. The first-order valence-electron chi connectivity index (χ1n) is 11.9. The molecule has 5 heteroatoms. The lowest BCUT2D eigenvalue weighted by molar-refractivity contribution is 0.253. The molecule has 1 aliphatic carbocycles. The lowest BCUT2D eigenvalue weighted by atomic mass is 9.83. The first kappa shape index (κ1) is 22.2. The van der Waals surface area contributed by atoms with Gasteiger partial charge in [-0.05, 0) is 105 Å². The van der Waals surface area contributed by atoms with Crippen LogP contribution < -0.4 is 14.5 Å². The Hall–Kier alpha value is -3.57. The summed E-state index contributed by atoms with van der Waals surface area (Å²) in [5, 5.41) is 0. The van der Waals surface area contributed by atoms with Crippen molar-refractivity contribution < 1.29 is 9.53 Å². The molecule has 0 saturated heterocycles. The van der Waals surface area contributed by atoms with Gasteiger partial charge in [0.1, 0.15) is 11.5 Å². The van der Waals surface area contributed by atoms with E-state index in [1.54, 1.807) is 9.80 Å². The minimum absolute atomic E-state index is 0.0412. The van der Waals surface area contributed by atoms with Gasteiger partial charge in [0.25, 0.3) is 0 Å². The molecule has 174 valence electrons. The van der Waals surface area contributed by atoms with E-state index in [4.69, 9.17) is 4.74 Å². The second-order valence-electron chi connectivity index (χ2n) is 9.38. The van der Waals surface area contributed by atoms with Gasteiger partial charge in [-0.2, -0.15) is 0 Å². The average Bonchev–Trinajstić information content (AvgIpc) is 2.85. The topological polar surface area (TPSA) is 36.0 Å². The number of carbonyl (C=O) groups excluding carboxylic acids is 1. The molecule has 0 aromatic heterocycles. The number of carbonyl (C=O) groups is 1.